The number of ether oxygens (including phenoxy) is 1. The second-order valence-electron chi connectivity index (χ2n) is 4.85. The molecule has 0 aliphatic carbocycles. The summed E-state index contributed by atoms with van der Waals surface area (Å²) in [4.78, 5) is 32.2. The number of nitrogens with zero attached hydrogens (tertiary/aromatic N) is 2. The van der Waals surface area contributed by atoms with E-state index in [-0.39, 0.29) is 11.6 Å². The van der Waals surface area contributed by atoms with Crippen LogP contribution in [-0.2, 0) is 4.74 Å². The van der Waals surface area contributed by atoms with Gasteiger partial charge in [-0.1, -0.05) is 18.2 Å². The number of methoxy groups -OCH3 is 1. The predicted molar refractivity (Wildman–Crippen MR) is 90.4 cm³/mol. The van der Waals surface area contributed by atoms with E-state index in [1.807, 2.05) is 0 Å². The van der Waals surface area contributed by atoms with Crippen LogP contribution < -0.4 is 10.6 Å². The number of carbonyl (C=O) groups excluding carboxylic acids is 2. The summed E-state index contributed by atoms with van der Waals surface area (Å²) in [5.41, 5.74) is 1.12. The molecule has 0 radical (unpaired) electrons. The van der Waals surface area contributed by atoms with E-state index in [1.54, 1.807) is 37.3 Å². The molecule has 7 nitrogen and oxygen atoms in total. The molecule has 0 atom stereocenters. The van der Waals surface area contributed by atoms with Gasteiger partial charge in [0.2, 0.25) is 0 Å². The fraction of sp³-hybridized carbons (Fsp3) is 0.176. The number of para-hydroxylation sites is 1. The van der Waals surface area contributed by atoms with Gasteiger partial charge in [0.05, 0.1) is 18.4 Å². The summed E-state index contributed by atoms with van der Waals surface area (Å²) in [7, 11) is 1.32. The van der Waals surface area contributed by atoms with Crippen molar-refractivity contribution in [1.82, 2.24) is 15.3 Å². The van der Waals surface area contributed by atoms with E-state index in [2.05, 4.69) is 27.2 Å². The molecule has 2 N–H and O–H groups in total. The van der Waals surface area contributed by atoms with Gasteiger partial charge in [-0.15, -0.1) is 6.58 Å². The van der Waals surface area contributed by atoms with Crippen molar-refractivity contribution in [2.24, 2.45) is 0 Å². The van der Waals surface area contributed by atoms with Crippen LogP contribution >= 0.6 is 0 Å². The minimum Gasteiger partial charge on any atom is -0.465 e. The zero-order chi connectivity index (χ0) is 17.5. The molecule has 0 bridgehead atoms. The number of carbonyl (C=O) groups is 2. The molecular weight excluding hydrogens is 308 g/mol. The molecule has 124 valence electrons. The summed E-state index contributed by atoms with van der Waals surface area (Å²) in [5, 5.41) is 5.68. The number of hydrogen-bond acceptors (Lipinski definition) is 6. The van der Waals surface area contributed by atoms with Gasteiger partial charge in [-0.3, -0.25) is 4.79 Å². The van der Waals surface area contributed by atoms with Crippen LogP contribution in [-0.4, -0.2) is 35.5 Å². The molecule has 24 heavy (non-hydrogen) atoms. The van der Waals surface area contributed by atoms with Crippen LogP contribution in [0.4, 0.5) is 11.5 Å². The first kappa shape index (κ1) is 17.1. The summed E-state index contributed by atoms with van der Waals surface area (Å²) in [5.74, 6) is 0.0411. The number of hydrogen-bond donors (Lipinski definition) is 2. The van der Waals surface area contributed by atoms with Crippen molar-refractivity contribution >= 4 is 23.4 Å². The molecule has 1 aromatic carbocycles. The molecule has 1 heterocycles. The third-order valence-electron chi connectivity index (χ3n) is 3.07. The summed E-state index contributed by atoms with van der Waals surface area (Å²) in [6.45, 7) is 5.57. The maximum Gasteiger partial charge on any atom is 0.339 e. The monoisotopic (exact) mass is 326 g/mol. The third kappa shape index (κ3) is 4.16. The summed E-state index contributed by atoms with van der Waals surface area (Å²) >= 11 is 0. The normalized spacial score (nSPS) is 9.92. The first-order valence-corrected chi connectivity index (χ1v) is 7.24. The van der Waals surface area contributed by atoms with Crippen LogP contribution in [0.15, 0.2) is 43.0 Å². The van der Waals surface area contributed by atoms with Crippen LogP contribution in [0.1, 0.15) is 26.7 Å². The lowest BCUT2D eigenvalue weighted by Crippen LogP contribution is -2.24. The van der Waals surface area contributed by atoms with Crippen LogP contribution in [0.3, 0.4) is 0 Å². The molecule has 0 unspecified atom stereocenters. The Hall–Kier alpha value is -3.22. The average molecular weight is 326 g/mol. The van der Waals surface area contributed by atoms with Gasteiger partial charge in [-0.25, -0.2) is 14.8 Å². The van der Waals surface area contributed by atoms with Crippen LogP contribution in [0.25, 0.3) is 0 Å². The van der Waals surface area contributed by atoms with Crippen LogP contribution in [0.5, 0.6) is 0 Å². The number of aromatic nitrogens is 2. The van der Waals surface area contributed by atoms with E-state index in [0.717, 1.165) is 0 Å². The van der Waals surface area contributed by atoms with E-state index >= 15 is 0 Å². The maximum atomic E-state index is 12.0. The molecule has 0 saturated heterocycles. The zero-order valence-corrected chi connectivity index (χ0v) is 13.5. The molecule has 7 heteroatoms. The Morgan fingerprint density at radius 1 is 1.29 bits per heavy atom. The number of nitrogens with one attached hydrogen (secondary N) is 2. The van der Waals surface area contributed by atoms with E-state index in [0.29, 0.717) is 29.4 Å². The summed E-state index contributed by atoms with van der Waals surface area (Å²) in [6, 6.07) is 8.39. The predicted octanol–water partition coefficient (Wildman–Crippen LogP) is 2.23. The summed E-state index contributed by atoms with van der Waals surface area (Å²) < 4.78 is 4.76. The van der Waals surface area contributed by atoms with Gasteiger partial charge >= 0.3 is 5.97 Å². The van der Waals surface area contributed by atoms with Crippen molar-refractivity contribution < 1.29 is 14.3 Å². The number of rotatable bonds is 6. The highest BCUT2D eigenvalue weighted by molar-refractivity contribution is 5.97. The molecule has 0 spiro atoms. The number of anilines is 2. The Morgan fingerprint density at radius 3 is 2.75 bits per heavy atom. The molecule has 0 aliphatic rings. The van der Waals surface area contributed by atoms with Gasteiger partial charge in [0, 0.05) is 12.6 Å². The summed E-state index contributed by atoms with van der Waals surface area (Å²) in [6.07, 6.45) is 1.58. The fourth-order valence-corrected chi connectivity index (χ4v) is 2.02. The second kappa shape index (κ2) is 7.87. The molecule has 2 aromatic rings. The Bertz CT molecular complexity index is 774. The van der Waals surface area contributed by atoms with Gasteiger partial charge in [-0.2, -0.15) is 0 Å². The zero-order valence-electron chi connectivity index (χ0n) is 13.5. The van der Waals surface area contributed by atoms with Gasteiger partial charge in [0.25, 0.3) is 5.91 Å². The lowest BCUT2D eigenvalue weighted by atomic mass is 10.2. The molecule has 2 rings (SSSR count). The SMILES string of the molecule is C=CCNC(=O)c1cc(Nc2ccccc2C(=O)OC)nc(C)n1. The highest BCUT2D eigenvalue weighted by Gasteiger charge is 2.14. The number of benzene rings is 1. The number of amides is 1. The van der Waals surface area contributed by atoms with Gasteiger partial charge < -0.3 is 15.4 Å². The Morgan fingerprint density at radius 2 is 2.04 bits per heavy atom. The molecule has 0 saturated carbocycles. The lowest BCUT2D eigenvalue weighted by Gasteiger charge is -2.11. The largest absolute Gasteiger partial charge is 0.465 e. The van der Waals surface area contributed by atoms with Gasteiger partial charge in [-0.05, 0) is 19.1 Å². The van der Waals surface area contributed by atoms with Crippen LogP contribution in [0.2, 0.25) is 0 Å². The average Bonchev–Trinajstić information content (AvgIpc) is 2.59. The molecule has 0 aliphatic heterocycles. The number of aryl methyl sites for hydroxylation is 1. The molecular formula is C17H18N4O3. The Kier molecular flexibility index (Phi) is 5.62. The highest BCUT2D eigenvalue weighted by Crippen LogP contribution is 2.21. The van der Waals surface area contributed by atoms with Crippen molar-refractivity contribution in [3.8, 4) is 0 Å². The Balaban J connectivity index is 2.31. The van der Waals surface area contributed by atoms with E-state index in [4.69, 9.17) is 4.74 Å². The van der Waals surface area contributed by atoms with Crippen molar-refractivity contribution in [2.75, 3.05) is 19.0 Å². The molecule has 1 amide bonds. The van der Waals surface area contributed by atoms with E-state index in [9.17, 15) is 9.59 Å². The van der Waals surface area contributed by atoms with Crippen molar-refractivity contribution in [3.05, 3.63) is 60.1 Å². The molecule has 1 aromatic heterocycles. The topological polar surface area (TPSA) is 93.2 Å². The van der Waals surface area contributed by atoms with Crippen molar-refractivity contribution in [1.29, 1.82) is 0 Å². The minimum atomic E-state index is -0.465. The maximum absolute atomic E-state index is 12.0. The van der Waals surface area contributed by atoms with Gasteiger partial charge in [0.1, 0.15) is 17.3 Å². The standard InChI is InChI=1S/C17H18N4O3/c1-4-9-18-16(22)14-10-15(20-11(2)19-14)21-13-8-6-5-7-12(13)17(23)24-3/h4-8,10H,1,9H2,2-3H3,(H,18,22)(H,19,20,21). The first-order valence-electron chi connectivity index (χ1n) is 7.24. The Labute approximate surface area is 139 Å². The first-order chi connectivity index (χ1) is 11.5. The third-order valence-corrected chi connectivity index (χ3v) is 3.07. The quantitative estimate of drug-likeness (QED) is 0.624. The van der Waals surface area contributed by atoms with Crippen molar-refractivity contribution in [2.45, 2.75) is 6.92 Å². The smallest absolute Gasteiger partial charge is 0.339 e. The minimum absolute atomic E-state index is 0.224. The van der Waals surface area contributed by atoms with E-state index < -0.39 is 5.97 Å². The fourth-order valence-electron chi connectivity index (χ4n) is 2.02. The second-order valence-corrected chi connectivity index (χ2v) is 4.85. The number of esters is 1. The van der Waals surface area contributed by atoms with Gasteiger partial charge in [0.15, 0.2) is 0 Å². The lowest BCUT2D eigenvalue weighted by molar-refractivity contribution is 0.0601. The molecule has 0 fully saturated rings. The van der Waals surface area contributed by atoms with E-state index in [1.165, 1.54) is 13.2 Å². The highest BCUT2D eigenvalue weighted by atomic mass is 16.5. The van der Waals surface area contributed by atoms with Crippen molar-refractivity contribution in [3.63, 3.8) is 0 Å². The van der Waals surface area contributed by atoms with Crippen LogP contribution in [0, 0.1) is 6.92 Å².